The first-order chi connectivity index (χ1) is 13.3. The van der Waals surface area contributed by atoms with E-state index in [1.54, 1.807) is 11.3 Å². The first-order valence-corrected chi connectivity index (χ1v) is 12.0. The average Bonchev–Trinajstić information content (AvgIpc) is 3.25. The number of morpholine rings is 1. The monoisotopic (exact) mass is 539 g/mol. The molecule has 2 heterocycles. The molecule has 0 bridgehead atoms. The SMILES string of the molecule is CN=C(NCCCSc1nccs1)NCC1(N2CCOCC2)CCCCC1.I. The van der Waals surface area contributed by atoms with Gasteiger partial charge < -0.3 is 15.4 Å². The number of thioether (sulfide) groups is 1. The Kier molecular flexibility index (Phi) is 11.4. The standard InChI is InChI=1S/C19H33N5OS2.HI/c1-20-17(21-8-5-14-26-18-22-9-15-27-18)23-16-19(6-3-2-4-7-19)24-10-12-25-13-11-24;/h9,15H,2-8,10-14,16H2,1H3,(H2,20,21,23);1H. The van der Waals surface area contributed by atoms with Crippen LogP contribution in [0.3, 0.4) is 0 Å². The second-order valence-electron chi connectivity index (χ2n) is 7.24. The summed E-state index contributed by atoms with van der Waals surface area (Å²) < 4.78 is 6.74. The Hall–Kier alpha value is -0.100. The van der Waals surface area contributed by atoms with E-state index in [4.69, 9.17) is 4.74 Å². The Morgan fingerprint density at radius 3 is 2.75 bits per heavy atom. The predicted molar refractivity (Wildman–Crippen MR) is 130 cm³/mol. The van der Waals surface area contributed by atoms with Crippen molar-refractivity contribution in [1.29, 1.82) is 0 Å². The van der Waals surface area contributed by atoms with E-state index in [-0.39, 0.29) is 29.5 Å². The van der Waals surface area contributed by atoms with Crippen molar-refractivity contribution in [3.8, 4) is 0 Å². The molecule has 9 heteroatoms. The molecular weight excluding hydrogens is 505 g/mol. The molecular formula is C19H34IN5OS2. The number of nitrogens with zero attached hydrogens (tertiary/aromatic N) is 3. The Morgan fingerprint density at radius 2 is 2.07 bits per heavy atom. The zero-order valence-corrected chi connectivity index (χ0v) is 20.8. The van der Waals surface area contributed by atoms with Gasteiger partial charge >= 0.3 is 0 Å². The van der Waals surface area contributed by atoms with Crippen molar-refractivity contribution in [3.05, 3.63) is 11.6 Å². The fraction of sp³-hybridized carbons (Fsp3) is 0.789. The molecule has 3 rings (SSSR count). The lowest BCUT2D eigenvalue weighted by atomic mass is 9.80. The smallest absolute Gasteiger partial charge is 0.191 e. The number of halogens is 1. The van der Waals surface area contributed by atoms with Crippen LogP contribution in [0, 0.1) is 0 Å². The van der Waals surface area contributed by atoms with E-state index >= 15 is 0 Å². The van der Waals surface area contributed by atoms with Crippen molar-refractivity contribution in [3.63, 3.8) is 0 Å². The molecule has 1 aliphatic carbocycles. The highest BCUT2D eigenvalue weighted by molar-refractivity contribution is 14.0. The normalized spacial score (nSPS) is 20.4. The lowest BCUT2D eigenvalue weighted by Gasteiger charge is -2.48. The first kappa shape index (κ1) is 24.2. The Labute approximate surface area is 194 Å². The summed E-state index contributed by atoms with van der Waals surface area (Å²) in [5.74, 6) is 2.00. The maximum absolute atomic E-state index is 5.58. The molecule has 2 aliphatic rings. The largest absolute Gasteiger partial charge is 0.379 e. The van der Waals surface area contributed by atoms with Gasteiger partial charge in [-0.2, -0.15) is 0 Å². The van der Waals surface area contributed by atoms with Gasteiger partial charge in [-0.1, -0.05) is 31.0 Å². The minimum Gasteiger partial charge on any atom is -0.379 e. The van der Waals surface area contributed by atoms with Crippen LogP contribution in [0.2, 0.25) is 0 Å². The van der Waals surface area contributed by atoms with Gasteiger partial charge in [0, 0.05) is 56.1 Å². The molecule has 0 atom stereocenters. The van der Waals surface area contributed by atoms with Gasteiger partial charge in [0.15, 0.2) is 5.96 Å². The number of rotatable bonds is 8. The summed E-state index contributed by atoms with van der Waals surface area (Å²) in [5, 5.41) is 9.13. The topological polar surface area (TPSA) is 61.8 Å². The lowest BCUT2D eigenvalue weighted by molar-refractivity contribution is -0.0352. The second kappa shape index (κ2) is 13.3. The van der Waals surface area contributed by atoms with E-state index in [1.807, 2.05) is 30.4 Å². The fourth-order valence-corrected chi connectivity index (χ4v) is 5.69. The van der Waals surface area contributed by atoms with Crippen molar-refractivity contribution >= 4 is 53.0 Å². The molecule has 6 nitrogen and oxygen atoms in total. The Morgan fingerprint density at radius 1 is 1.29 bits per heavy atom. The van der Waals surface area contributed by atoms with Gasteiger partial charge in [0.1, 0.15) is 4.34 Å². The highest BCUT2D eigenvalue weighted by Gasteiger charge is 2.38. The van der Waals surface area contributed by atoms with Crippen molar-refractivity contribution in [2.45, 2.75) is 48.4 Å². The van der Waals surface area contributed by atoms with Gasteiger partial charge in [-0.25, -0.2) is 4.98 Å². The van der Waals surface area contributed by atoms with E-state index in [0.717, 1.165) is 61.9 Å². The number of thiazole rings is 1. The summed E-state index contributed by atoms with van der Waals surface area (Å²) in [4.78, 5) is 11.4. The molecule has 1 saturated carbocycles. The summed E-state index contributed by atoms with van der Waals surface area (Å²) in [5.41, 5.74) is 0.264. The van der Waals surface area contributed by atoms with E-state index in [2.05, 4.69) is 25.5 Å². The zero-order chi connectivity index (χ0) is 18.8. The minimum atomic E-state index is 0. The van der Waals surface area contributed by atoms with Gasteiger partial charge in [-0.15, -0.1) is 35.3 Å². The fourth-order valence-electron chi connectivity index (χ4n) is 4.04. The van der Waals surface area contributed by atoms with Crippen LogP contribution in [0.25, 0.3) is 0 Å². The molecule has 0 unspecified atom stereocenters. The number of aromatic nitrogens is 1. The summed E-state index contributed by atoms with van der Waals surface area (Å²) in [6.45, 7) is 5.75. The van der Waals surface area contributed by atoms with Crippen LogP contribution in [0.4, 0.5) is 0 Å². The molecule has 2 fully saturated rings. The van der Waals surface area contributed by atoms with Crippen LogP contribution < -0.4 is 10.6 Å². The highest BCUT2D eigenvalue weighted by atomic mass is 127. The molecule has 28 heavy (non-hydrogen) atoms. The number of nitrogens with one attached hydrogen (secondary N) is 2. The van der Waals surface area contributed by atoms with E-state index < -0.39 is 0 Å². The lowest BCUT2D eigenvalue weighted by Crippen LogP contribution is -2.60. The van der Waals surface area contributed by atoms with E-state index in [0.29, 0.717) is 0 Å². The third kappa shape index (κ3) is 7.30. The summed E-state index contributed by atoms with van der Waals surface area (Å²) >= 11 is 3.54. The first-order valence-electron chi connectivity index (χ1n) is 10.1. The highest BCUT2D eigenvalue weighted by Crippen LogP contribution is 2.33. The molecule has 1 saturated heterocycles. The van der Waals surface area contributed by atoms with E-state index in [1.165, 1.54) is 32.1 Å². The van der Waals surface area contributed by atoms with Crippen LogP contribution in [-0.4, -0.2) is 73.6 Å². The van der Waals surface area contributed by atoms with Crippen molar-refractivity contribution in [2.24, 2.45) is 4.99 Å². The number of guanidine groups is 1. The molecule has 1 aromatic heterocycles. The van der Waals surface area contributed by atoms with Crippen LogP contribution in [0.1, 0.15) is 38.5 Å². The third-order valence-corrected chi connectivity index (χ3v) is 7.58. The van der Waals surface area contributed by atoms with Gasteiger partial charge in [0.2, 0.25) is 0 Å². The van der Waals surface area contributed by atoms with Crippen molar-refractivity contribution in [1.82, 2.24) is 20.5 Å². The van der Waals surface area contributed by atoms with Gasteiger partial charge in [-0.3, -0.25) is 9.89 Å². The number of hydrogen-bond acceptors (Lipinski definition) is 6. The van der Waals surface area contributed by atoms with E-state index in [9.17, 15) is 0 Å². The van der Waals surface area contributed by atoms with Crippen LogP contribution in [0.5, 0.6) is 0 Å². The third-order valence-electron chi connectivity index (χ3n) is 5.52. The summed E-state index contributed by atoms with van der Waals surface area (Å²) in [6, 6.07) is 0. The number of hydrogen-bond donors (Lipinski definition) is 2. The molecule has 0 radical (unpaired) electrons. The predicted octanol–water partition coefficient (Wildman–Crippen LogP) is 3.44. The van der Waals surface area contributed by atoms with Crippen LogP contribution in [-0.2, 0) is 4.74 Å². The average molecular weight is 540 g/mol. The molecule has 0 aromatic carbocycles. The Bertz CT molecular complexity index is 561. The maximum Gasteiger partial charge on any atom is 0.191 e. The molecule has 0 amide bonds. The van der Waals surface area contributed by atoms with Gasteiger partial charge in [0.25, 0.3) is 0 Å². The van der Waals surface area contributed by atoms with Crippen LogP contribution in [0.15, 0.2) is 20.9 Å². The summed E-state index contributed by atoms with van der Waals surface area (Å²) in [6.07, 6.45) is 9.56. The number of aliphatic imine (C=N–C) groups is 1. The Balaban J connectivity index is 0.00000280. The second-order valence-corrected chi connectivity index (χ2v) is 9.47. The zero-order valence-electron chi connectivity index (χ0n) is 16.8. The summed E-state index contributed by atoms with van der Waals surface area (Å²) in [7, 11) is 1.86. The van der Waals surface area contributed by atoms with Crippen LogP contribution >= 0.6 is 47.1 Å². The quantitative estimate of drug-likeness (QED) is 0.174. The van der Waals surface area contributed by atoms with Crippen molar-refractivity contribution in [2.75, 3.05) is 52.2 Å². The molecule has 0 spiro atoms. The van der Waals surface area contributed by atoms with Gasteiger partial charge in [0.05, 0.1) is 13.2 Å². The molecule has 1 aromatic rings. The number of ether oxygens (including phenoxy) is 1. The van der Waals surface area contributed by atoms with Crippen molar-refractivity contribution < 1.29 is 4.74 Å². The van der Waals surface area contributed by atoms with Gasteiger partial charge in [-0.05, 0) is 19.3 Å². The molecule has 1 aliphatic heterocycles. The minimum absolute atomic E-state index is 0. The molecule has 2 N–H and O–H groups in total. The molecule has 160 valence electrons. The maximum atomic E-state index is 5.58.